The summed E-state index contributed by atoms with van der Waals surface area (Å²) in [6, 6.07) is 0. The predicted octanol–water partition coefficient (Wildman–Crippen LogP) is 0.442. The first-order chi connectivity index (χ1) is 10.1. The fraction of sp³-hybridized carbons (Fsp3) is 0.636. The van der Waals surface area contributed by atoms with Crippen LogP contribution in [0.15, 0.2) is 6.33 Å². The van der Waals surface area contributed by atoms with E-state index in [1.54, 1.807) is 0 Å². The van der Waals surface area contributed by atoms with Crippen molar-refractivity contribution in [3.63, 3.8) is 0 Å². The van der Waals surface area contributed by atoms with Gasteiger partial charge in [-0.2, -0.15) is 0 Å². The van der Waals surface area contributed by atoms with Crippen LogP contribution in [0.5, 0.6) is 0 Å². The molecule has 10 nitrogen and oxygen atoms in total. The molecule has 22 heavy (non-hydrogen) atoms. The number of carboxylic acids is 1. The lowest BCUT2D eigenvalue weighted by Gasteiger charge is -2.18. The molecule has 0 unspecified atom stereocenters. The summed E-state index contributed by atoms with van der Waals surface area (Å²) in [7, 11) is -4.58. The summed E-state index contributed by atoms with van der Waals surface area (Å²) in [5, 5.41) is 8.96. The topological polar surface area (TPSA) is 157 Å². The van der Waals surface area contributed by atoms with Gasteiger partial charge in [0.2, 0.25) is 0 Å². The van der Waals surface area contributed by atoms with E-state index in [0.717, 1.165) is 0 Å². The number of carboxylic acid groups (broad SMARTS) is 1. The molecule has 1 aromatic heterocycles. The highest BCUT2D eigenvalue weighted by atomic mass is 31.2. The lowest BCUT2D eigenvalue weighted by Crippen LogP contribution is -2.21. The number of anilines is 1. The van der Waals surface area contributed by atoms with Crippen molar-refractivity contribution < 1.29 is 33.5 Å². The van der Waals surface area contributed by atoms with Gasteiger partial charge >= 0.3 is 13.8 Å². The molecular formula is C11H18N3O7P. The van der Waals surface area contributed by atoms with Gasteiger partial charge in [-0.1, -0.05) is 13.8 Å². The number of aromatic carboxylic acids is 1. The minimum Gasteiger partial charge on any atom is -0.476 e. The highest BCUT2D eigenvalue weighted by molar-refractivity contribution is 7.46. The van der Waals surface area contributed by atoms with Crippen LogP contribution in [0.2, 0.25) is 0 Å². The molecule has 124 valence electrons. The number of phosphoric acid groups is 1. The number of phosphoric ester groups is 1. The van der Waals surface area contributed by atoms with Crippen LogP contribution in [0.3, 0.4) is 0 Å². The smallest absolute Gasteiger partial charge is 0.469 e. The molecule has 0 aliphatic carbocycles. The summed E-state index contributed by atoms with van der Waals surface area (Å²) in [5.41, 5.74) is 5.50. The maximum atomic E-state index is 11.0. The molecular weight excluding hydrogens is 317 g/mol. The Hall–Kier alpha value is -1.45. The average molecular weight is 335 g/mol. The van der Waals surface area contributed by atoms with E-state index < -0.39 is 26.1 Å². The number of rotatable bonds is 5. The minimum absolute atomic E-state index is 0.0342. The van der Waals surface area contributed by atoms with E-state index in [9.17, 15) is 9.36 Å². The second-order valence-electron chi connectivity index (χ2n) is 5.26. The quantitative estimate of drug-likeness (QED) is 0.560. The molecule has 0 amide bonds. The van der Waals surface area contributed by atoms with Crippen LogP contribution >= 0.6 is 7.82 Å². The molecule has 2 heterocycles. The molecule has 0 aromatic carbocycles. The van der Waals surface area contributed by atoms with Crippen molar-refractivity contribution in [2.24, 2.45) is 11.8 Å². The molecule has 5 N–H and O–H groups in total. The summed E-state index contributed by atoms with van der Waals surface area (Å²) < 4.78 is 22.4. The van der Waals surface area contributed by atoms with Crippen LogP contribution in [0.4, 0.5) is 5.82 Å². The molecule has 4 atom stereocenters. The zero-order valence-electron chi connectivity index (χ0n) is 12.0. The van der Waals surface area contributed by atoms with E-state index in [2.05, 4.69) is 9.51 Å². The van der Waals surface area contributed by atoms with Gasteiger partial charge in [0.05, 0.1) is 19.0 Å². The van der Waals surface area contributed by atoms with Crippen molar-refractivity contribution in [2.45, 2.75) is 26.2 Å². The molecule has 1 saturated heterocycles. The van der Waals surface area contributed by atoms with Gasteiger partial charge in [0, 0.05) is 5.92 Å². The van der Waals surface area contributed by atoms with Crippen molar-refractivity contribution in [3.8, 4) is 0 Å². The number of nitrogens with zero attached hydrogens (tertiary/aromatic N) is 2. The molecule has 1 aliphatic rings. The number of aromatic nitrogens is 2. The molecule has 11 heteroatoms. The number of imidazole rings is 1. The van der Waals surface area contributed by atoms with Crippen LogP contribution < -0.4 is 5.73 Å². The van der Waals surface area contributed by atoms with Crippen LogP contribution in [0.25, 0.3) is 0 Å². The van der Waals surface area contributed by atoms with Gasteiger partial charge in [0.1, 0.15) is 12.0 Å². The molecule has 0 spiro atoms. The maximum Gasteiger partial charge on any atom is 0.469 e. The van der Waals surface area contributed by atoms with E-state index in [0.29, 0.717) is 0 Å². The summed E-state index contributed by atoms with van der Waals surface area (Å²) >= 11 is 0. The minimum atomic E-state index is -4.58. The second kappa shape index (κ2) is 5.98. The summed E-state index contributed by atoms with van der Waals surface area (Å²) in [6.07, 6.45) is 0.141. The van der Waals surface area contributed by atoms with Crippen molar-refractivity contribution in [1.29, 1.82) is 0 Å². The monoisotopic (exact) mass is 335 g/mol. The highest BCUT2D eigenvalue weighted by Gasteiger charge is 2.42. The number of nitrogen functional groups attached to an aromatic ring is 1. The lowest BCUT2D eigenvalue weighted by molar-refractivity contribution is -0.0339. The Morgan fingerprint density at radius 3 is 2.64 bits per heavy atom. The molecule has 1 aromatic rings. The Morgan fingerprint density at radius 1 is 1.50 bits per heavy atom. The molecule has 0 bridgehead atoms. The van der Waals surface area contributed by atoms with Gasteiger partial charge < -0.3 is 25.4 Å². The highest BCUT2D eigenvalue weighted by Crippen LogP contribution is 2.43. The Labute approximate surface area is 126 Å². The molecule has 0 saturated carbocycles. The Morgan fingerprint density at radius 2 is 2.14 bits per heavy atom. The van der Waals surface area contributed by atoms with Crippen LogP contribution in [-0.4, -0.2) is 43.1 Å². The van der Waals surface area contributed by atoms with Gasteiger partial charge in [-0.25, -0.2) is 14.3 Å². The van der Waals surface area contributed by atoms with Crippen LogP contribution in [-0.2, 0) is 13.8 Å². The molecule has 2 rings (SSSR count). The molecule has 0 radical (unpaired) electrons. The number of ether oxygens (including phenoxy) is 1. The first-order valence-electron chi connectivity index (χ1n) is 6.53. The normalized spacial score (nSPS) is 28.9. The zero-order chi connectivity index (χ0) is 16.7. The number of hydrogen-bond acceptors (Lipinski definition) is 6. The van der Waals surface area contributed by atoms with Gasteiger partial charge in [-0.3, -0.25) is 9.09 Å². The van der Waals surface area contributed by atoms with Crippen molar-refractivity contribution in [2.75, 3.05) is 12.3 Å². The third kappa shape index (κ3) is 3.31. The first-order valence-corrected chi connectivity index (χ1v) is 8.06. The Kier molecular flexibility index (Phi) is 4.59. The second-order valence-corrected chi connectivity index (χ2v) is 6.50. The predicted molar refractivity (Wildman–Crippen MR) is 73.8 cm³/mol. The van der Waals surface area contributed by atoms with Crippen molar-refractivity contribution >= 4 is 19.6 Å². The first kappa shape index (κ1) is 16.9. The summed E-state index contributed by atoms with van der Waals surface area (Å²) in [4.78, 5) is 32.2. The third-order valence-electron chi connectivity index (χ3n) is 3.90. The van der Waals surface area contributed by atoms with E-state index in [-0.39, 0.29) is 30.0 Å². The largest absolute Gasteiger partial charge is 0.476 e. The van der Waals surface area contributed by atoms with Gasteiger partial charge in [-0.05, 0) is 5.92 Å². The van der Waals surface area contributed by atoms with Crippen molar-refractivity contribution in [3.05, 3.63) is 12.0 Å². The summed E-state index contributed by atoms with van der Waals surface area (Å²) in [5.74, 6) is -1.43. The Bertz CT molecular complexity index is 613. The van der Waals surface area contributed by atoms with Gasteiger partial charge in [0.25, 0.3) is 0 Å². The van der Waals surface area contributed by atoms with Crippen LogP contribution in [0.1, 0.15) is 30.6 Å². The number of nitrogens with two attached hydrogens (primary N) is 1. The fourth-order valence-corrected chi connectivity index (χ4v) is 2.78. The third-order valence-corrected chi connectivity index (χ3v) is 4.38. The fourth-order valence-electron chi connectivity index (χ4n) is 2.44. The SMILES string of the molecule is C[C@@H]1[C@H](C)[C@@H](COP(=O)(O)O)O[C@H]1n1cnc(C(=O)O)c1N. The summed E-state index contributed by atoms with van der Waals surface area (Å²) in [6.45, 7) is 3.45. The molecule has 1 aliphatic heterocycles. The van der Waals surface area contributed by atoms with E-state index in [4.69, 9.17) is 25.4 Å². The molecule has 1 fully saturated rings. The maximum absolute atomic E-state index is 11.0. The van der Waals surface area contributed by atoms with Gasteiger partial charge in [-0.15, -0.1) is 0 Å². The van der Waals surface area contributed by atoms with Gasteiger partial charge in [0.15, 0.2) is 5.69 Å². The standard InChI is InChI=1S/C11H18N3O7P/c1-5-6(2)10(21-7(5)3-20-22(17,18)19)14-4-13-8(9(14)12)11(15)16/h4-7,10H,3,12H2,1-2H3,(H,15,16)(H2,17,18,19)/t5-,6+,7+,10+/m0/s1. The number of hydrogen-bond donors (Lipinski definition) is 4. The number of carbonyl (C=O) groups is 1. The van der Waals surface area contributed by atoms with E-state index in [1.165, 1.54) is 10.9 Å². The van der Waals surface area contributed by atoms with Crippen LogP contribution in [0, 0.1) is 11.8 Å². The zero-order valence-corrected chi connectivity index (χ0v) is 12.9. The van der Waals surface area contributed by atoms with Crippen molar-refractivity contribution in [1.82, 2.24) is 9.55 Å². The van der Waals surface area contributed by atoms with E-state index in [1.807, 2.05) is 13.8 Å². The van der Waals surface area contributed by atoms with E-state index >= 15 is 0 Å². The Balaban J connectivity index is 2.16. The average Bonchev–Trinajstić information content (AvgIpc) is 2.90. The lowest BCUT2D eigenvalue weighted by atomic mass is 9.93.